The minimum atomic E-state index is -6.72. The van der Waals surface area contributed by atoms with Crippen LogP contribution in [0.4, 0.5) is 31.1 Å². The minimum absolute atomic E-state index is 0.352. The Hall–Kier alpha value is -2.37. The molecule has 17 heteroatoms. The number of nitrogens with one attached hydrogen (secondary N) is 1. The zero-order valence-electron chi connectivity index (χ0n) is 25.8. The molecule has 0 aliphatic rings. The third kappa shape index (κ3) is 13.3. The van der Waals surface area contributed by atoms with Crippen LogP contribution >= 0.6 is 0 Å². The predicted molar refractivity (Wildman–Crippen MR) is 157 cm³/mol. The summed E-state index contributed by atoms with van der Waals surface area (Å²) in [6.07, 6.45) is 4.12. The Bertz CT molecular complexity index is 1240. The molecule has 1 amide bonds. The Morgan fingerprint density at radius 1 is 0.886 bits per heavy atom. The molecule has 1 aromatic carbocycles. The van der Waals surface area contributed by atoms with Gasteiger partial charge in [-0.3, -0.25) is 0 Å². The van der Waals surface area contributed by atoms with Gasteiger partial charge in [-0.2, -0.15) is 26.3 Å². The highest BCUT2D eigenvalue weighted by Crippen LogP contribution is 2.36. The van der Waals surface area contributed by atoms with Gasteiger partial charge in [0.25, 0.3) is 0 Å². The summed E-state index contributed by atoms with van der Waals surface area (Å²) in [6, 6.07) is 8.13. The fraction of sp³-hybridized carbons (Fsp3) is 0.667. The number of carbonyl (C=O) groups excluding carboxylic acids is 1. The van der Waals surface area contributed by atoms with Crippen LogP contribution in [0.1, 0.15) is 78.4 Å². The summed E-state index contributed by atoms with van der Waals surface area (Å²) in [5, 5.41) is 2.99. The lowest BCUT2D eigenvalue weighted by Crippen LogP contribution is -2.48. The van der Waals surface area contributed by atoms with Gasteiger partial charge >= 0.3 is 17.1 Å². The van der Waals surface area contributed by atoms with Gasteiger partial charge in [0.15, 0.2) is 20.0 Å². The van der Waals surface area contributed by atoms with Crippen LogP contribution in [0.25, 0.3) is 9.70 Å². The maximum atomic E-state index is 12.2. The van der Waals surface area contributed by atoms with Crippen LogP contribution < -0.4 is 5.32 Å². The van der Waals surface area contributed by atoms with Crippen molar-refractivity contribution in [3.8, 4) is 0 Å². The van der Waals surface area contributed by atoms with Gasteiger partial charge in [0.05, 0.1) is 38.3 Å². The number of amides is 1. The van der Waals surface area contributed by atoms with E-state index in [0.29, 0.717) is 6.61 Å². The highest BCUT2D eigenvalue weighted by atomic mass is 32.3. The van der Waals surface area contributed by atoms with Crippen LogP contribution in [0.15, 0.2) is 30.8 Å². The van der Waals surface area contributed by atoms with Crippen LogP contribution in [0.2, 0.25) is 0 Å². The summed E-state index contributed by atoms with van der Waals surface area (Å²) in [6.45, 7) is 22.2. The van der Waals surface area contributed by atoms with Crippen LogP contribution in [0.3, 0.4) is 0 Å². The van der Waals surface area contributed by atoms with E-state index in [1.807, 2.05) is 39.0 Å². The molecule has 0 unspecified atom stereocenters. The summed E-state index contributed by atoms with van der Waals surface area (Å²) in [4.78, 5) is 12.2. The molecule has 0 aromatic heterocycles. The van der Waals surface area contributed by atoms with Crippen molar-refractivity contribution in [1.82, 2.24) is 5.32 Å². The molecule has 0 radical (unpaired) electrons. The van der Waals surface area contributed by atoms with E-state index < -0.39 is 36.6 Å². The molecule has 0 bridgehead atoms. The molecule has 0 fully saturated rings. The van der Waals surface area contributed by atoms with E-state index in [-0.39, 0.29) is 6.09 Å². The highest BCUT2D eigenvalue weighted by Gasteiger charge is 2.47. The Kier molecular flexibility index (Phi) is 15.9. The van der Waals surface area contributed by atoms with E-state index in [4.69, 9.17) is 4.74 Å². The smallest absolute Gasteiger partial charge is 0.450 e. The van der Waals surface area contributed by atoms with Crippen molar-refractivity contribution >= 4 is 31.7 Å². The molecule has 0 atom stereocenters. The van der Waals surface area contributed by atoms with Gasteiger partial charge in [0, 0.05) is 0 Å². The van der Waals surface area contributed by atoms with E-state index in [0.717, 1.165) is 33.7 Å². The van der Waals surface area contributed by atoms with Crippen LogP contribution in [0, 0.1) is 0 Å². The van der Waals surface area contributed by atoms with Gasteiger partial charge in [-0.25, -0.2) is 21.6 Å². The number of alkyl halides is 6. The predicted octanol–water partition coefficient (Wildman–Crippen LogP) is 7.18. The Balaban J connectivity index is 0.00000104. The maximum absolute atomic E-state index is 12.2. The topological polar surface area (TPSA) is 121 Å². The van der Waals surface area contributed by atoms with E-state index in [1.54, 1.807) is 0 Å². The highest BCUT2D eigenvalue weighted by molar-refractivity contribution is 8.13. The van der Waals surface area contributed by atoms with Gasteiger partial charge < -0.3 is 18.7 Å². The Morgan fingerprint density at radius 2 is 1.36 bits per heavy atom. The second kappa shape index (κ2) is 16.8. The standard InChI is InChI=1S/C25H42N2O2.C2F6NO4S2/c1-8-27(9-2,10-3)18-13-11-12-14-19-29-24(28)26-25(6,7)23-17-15-16-22(20-23)21(4)5;3-1(4,5)14(10,11)9-15(12,13)2(6,7)8/h15-17,20H,4,8-14,18-19H2,1-3,5-7H3;/q;-1/p+1. The quantitative estimate of drug-likeness (QED) is 0.119. The molecular weight excluding hydrogens is 640 g/mol. The zero-order valence-corrected chi connectivity index (χ0v) is 27.4. The maximum Gasteiger partial charge on any atom is 0.480 e. The van der Waals surface area contributed by atoms with E-state index in [9.17, 15) is 48.0 Å². The first-order valence-electron chi connectivity index (χ1n) is 13.8. The molecule has 0 aliphatic carbocycles. The van der Waals surface area contributed by atoms with Crippen LogP contribution in [0.5, 0.6) is 0 Å². The van der Waals surface area contributed by atoms with Gasteiger partial charge in [0.2, 0.25) is 0 Å². The number of alkyl carbamates (subject to hydrolysis) is 1. The van der Waals surface area contributed by atoms with Gasteiger partial charge in [-0.1, -0.05) is 30.4 Å². The van der Waals surface area contributed by atoms with Crippen molar-refractivity contribution < 1.29 is 57.2 Å². The molecule has 1 aromatic rings. The lowest BCUT2D eigenvalue weighted by Gasteiger charge is -2.35. The number of quaternary nitrogens is 1. The molecular formula is C27H43F6N3O6S2. The minimum Gasteiger partial charge on any atom is -0.450 e. The summed E-state index contributed by atoms with van der Waals surface area (Å²) in [7, 11) is -13.4. The lowest BCUT2D eigenvalue weighted by atomic mass is 9.92. The average molecular weight is 684 g/mol. The van der Waals surface area contributed by atoms with E-state index in [1.165, 1.54) is 43.5 Å². The zero-order chi connectivity index (χ0) is 34.6. The van der Waals surface area contributed by atoms with E-state index in [2.05, 4.69) is 38.7 Å². The Morgan fingerprint density at radius 3 is 1.80 bits per heavy atom. The van der Waals surface area contributed by atoms with Gasteiger partial charge in [-0.15, -0.1) is 0 Å². The van der Waals surface area contributed by atoms with Gasteiger partial charge in [-0.05, 0) is 84.4 Å². The third-order valence-electron chi connectivity index (χ3n) is 7.05. The van der Waals surface area contributed by atoms with Crippen molar-refractivity contribution in [2.75, 3.05) is 32.8 Å². The second-order valence-electron chi connectivity index (χ2n) is 10.6. The molecule has 9 nitrogen and oxygen atoms in total. The molecule has 0 spiro atoms. The molecule has 0 aliphatic heterocycles. The SMILES string of the molecule is C=C(C)c1cccc(C(C)(C)NC(=O)OCCCCCC[N+](CC)(CC)CC)c1.O=S(=O)([N-]S(=O)(=O)C(F)(F)F)C(F)(F)F. The van der Waals surface area contributed by atoms with Crippen molar-refractivity contribution in [2.24, 2.45) is 0 Å². The second-order valence-corrected chi connectivity index (χ2v) is 14.0. The van der Waals surface area contributed by atoms with Crippen molar-refractivity contribution in [1.29, 1.82) is 0 Å². The number of nitrogens with zero attached hydrogens (tertiary/aromatic N) is 2. The van der Waals surface area contributed by atoms with Crippen LogP contribution in [-0.4, -0.2) is 71.2 Å². The molecule has 1 rings (SSSR count). The van der Waals surface area contributed by atoms with E-state index >= 15 is 0 Å². The lowest BCUT2D eigenvalue weighted by molar-refractivity contribution is -0.923. The summed E-state index contributed by atoms with van der Waals surface area (Å²) < 4.78 is 116. The first-order valence-corrected chi connectivity index (χ1v) is 16.7. The number of hydrogen-bond donors (Lipinski definition) is 1. The van der Waals surface area contributed by atoms with Crippen molar-refractivity contribution in [3.05, 3.63) is 46.1 Å². The molecule has 1 N–H and O–H groups in total. The fourth-order valence-corrected chi connectivity index (χ4v) is 5.67. The number of carbonyl (C=O) groups is 1. The number of allylic oxidation sites excluding steroid dienone is 1. The average Bonchev–Trinajstić information content (AvgIpc) is 2.89. The van der Waals surface area contributed by atoms with Crippen molar-refractivity contribution in [3.63, 3.8) is 0 Å². The van der Waals surface area contributed by atoms with Crippen LogP contribution in [-0.2, 0) is 30.3 Å². The third-order valence-corrected chi connectivity index (χ3v) is 9.79. The number of halogens is 6. The number of rotatable bonds is 15. The number of benzene rings is 1. The Labute approximate surface area is 256 Å². The molecule has 0 saturated heterocycles. The normalized spacial score (nSPS) is 13.1. The number of ether oxygens (including phenoxy) is 1. The fourth-order valence-electron chi connectivity index (χ4n) is 3.96. The molecule has 44 heavy (non-hydrogen) atoms. The van der Waals surface area contributed by atoms with Crippen molar-refractivity contribution in [2.45, 2.75) is 83.8 Å². The van der Waals surface area contributed by atoms with Gasteiger partial charge in [0.1, 0.15) is 0 Å². The largest absolute Gasteiger partial charge is 0.480 e. The summed E-state index contributed by atoms with van der Waals surface area (Å²) >= 11 is 0. The first kappa shape index (κ1) is 41.6. The molecule has 0 heterocycles. The first-order chi connectivity index (χ1) is 19.9. The summed E-state index contributed by atoms with van der Waals surface area (Å²) in [5.74, 6) is 0. The number of sulfonamides is 2. The monoisotopic (exact) mass is 683 g/mol. The molecule has 256 valence electrons. The number of unbranched alkanes of at least 4 members (excludes halogenated alkanes) is 3. The number of hydrogen-bond acceptors (Lipinski definition) is 6. The molecule has 0 saturated carbocycles. The summed E-state index contributed by atoms with van der Waals surface area (Å²) in [5.41, 5.74) is -9.76.